The summed E-state index contributed by atoms with van der Waals surface area (Å²) in [4.78, 5) is 2.12. The molecule has 0 aliphatic carbocycles. The quantitative estimate of drug-likeness (QED) is 0.843. The molecular formula is C16H14BrFN2. The van der Waals surface area contributed by atoms with Gasteiger partial charge in [0.2, 0.25) is 0 Å². The van der Waals surface area contributed by atoms with Gasteiger partial charge >= 0.3 is 0 Å². The van der Waals surface area contributed by atoms with Gasteiger partial charge in [-0.1, -0.05) is 34.1 Å². The van der Waals surface area contributed by atoms with E-state index in [0.29, 0.717) is 6.54 Å². The standard InChI is InChI=1S/C16H14BrFN2/c1-20(10-12-2-5-15(17)6-3-12)11-13-4-7-16(18)14(8-13)9-19/h2-8H,10-11H2,1H3. The van der Waals surface area contributed by atoms with Crippen molar-refractivity contribution in [1.29, 1.82) is 5.26 Å². The fraction of sp³-hybridized carbons (Fsp3) is 0.188. The predicted molar refractivity (Wildman–Crippen MR) is 80.4 cm³/mol. The van der Waals surface area contributed by atoms with Gasteiger partial charge in [-0.2, -0.15) is 5.26 Å². The molecule has 0 fully saturated rings. The number of hydrogen-bond acceptors (Lipinski definition) is 2. The number of halogens is 2. The van der Waals surface area contributed by atoms with E-state index in [0.717, 1.165) is 16.6 Å². The maximum absolute atomic E-state index is 13.3. The van der Waals surface area contributed by atoms with Crippen LogP contribution in [0.4, 0.5) is 4.39 Å². The summed E-state index contributed by atoms with van der Waals surface area (Å²) in [5.41, 5.74) is 2.24. The monoisotopic (exact) mass is 332 g/mol. The Hall–Kier alpha value is -1.70. The lowest BCUT2D eigenvalue weighted by atomic mass is 10.1. The van der Waals surface area contributed by atoms with E-state index in [2.05, 4.69) is 33.0 Å². The van der Waals surface area contributed by atoms with Crippen molar-refractivity contribution >= 4 is 15.9 Å². The third kappa shape index (κ3) is 3.89. The smallest absolute Gasteiger partial charge is 0.140 e. The Kier molecular flexibility index (Phi) is 4.89. The SMILES string of the molecule is CN(Cc1ccc(Br)cc1)Cc1ccc(F)c(C#N)c1. The zero-order valence-electron chi connectivity index (χ0n) is 11.1. The molecule has 0 N–H and O–H groups in total. The maximum Gasteiger partial charge on any atom is 0.140 e. The summed E-state index contributed by atoms with van der Waals surface area (Å²) in [7, 11) is 2.00. The molecule has 2 nitrogen and oxygen atoms in total. The van der Waals surface area contributed by atoms with Gasteiger partial charge in [0.1, 0.15) is 11.9 Å². The average molecular weight is 333 g/mol. The van der Waals surface area contributed by atoms with Gasteiger partial charge in [-0.25, -0.2) is 4.39 Å². The number of benzene rings is 2. The highest BCUT2D eigenvalue weighted by Gasteiger charge is 2.06. The van der Waals surface area contributed by atoms with Crippen LogP contribution in [0.15, 0.2) is 46.9 Å². The van der Waals surface area contributed by atoms with Crippen molar-refractivity contribution in [2.24, 2.45) is 0 Å². The van der Waals surface area contributed by atoms with Crippen LogP contribution in [0.2, 0.25) is 0 Å². The van der Waals surface area contributed by atoms with Crippen LogP contribution in [0.25, 0.3) is 0 Å². The van der Waals surface area contributed by atoms with Crippen LogP contribution >= 0.6 is 15.9 Å². The summed E-state index contributed by atoms with van der Waals surface area (Å²) in [6.07, 6.45) is 0. The van der Waals surface area contributed by atoms with Crippen LogP contribution in [0.1, 0.15) is 16.7 Å². The van der Waals surface area contributed by atoms with Crippen molar-refractivity contribution in [2.45, 2.75) is 13.1 Å². The highest BCUT2D eigenvalue weighted by atomic mass is 79.9. The molecule has 0 bridgehead atoms. The topological polar surface area (TPSA) is 27.0 Å². The molecular weight excluding hydrogens is 319 g/mol. The minimum Gasteiger partial charge on any atom is -0.298 e. The molecule has 0 unspecified atom stereocenters. The molecule has 0 aliphatic heterocycles. The van der Waals surface area contributed by atoms with Gasteiger partial charge in [0.05, 0.1) is 5.56 Å². The maximum atomic E-state index is 13.3. The third-order valence-corrected chi connectivity index (χ3v) is 3.50. The largest absolute Gasteiger partial charge is 0.298 e. The molecule has 0 atom stereocenters. The summed E-state index contributed by atoms with van der Waals surface area (Å²) in [6.45, 7) is 1.47. The van der Waals surface area contributed by atoms with Crippen molar-refractivity contribution in [3.8, 4) is 6.07 Å². The molecule has 20 heavy (non-hydrogen) atoms. The summed E-state index contributed by atoms with van der Waals surface area (Å²) in [5, 5.41) is 8.83. The van der Waals surface area contributed by atoms with Gasteiger partial charge in [-0.05, 0) is 42.4 Å². The number of nitrogens with zero attached hydrogens (tertiary/aromatic N) is 2. The van der Waals surface area contributed by atoms with Crippen LogP contribution in [-0.4, -0.2) is 11.9 Å². The Bertz CT molecular complexity index is 632. The number of hydrogen-bond donors (Lipinski definition) is 0. The zero-order chi connectivity index (χ0) is 14.5. The van der Waals surface area contributed by atoms with E-state index < -0.39 is 5.82 Å². The second-order valence-corrected chi connectivity index (χ2v) is 5.64. The van der Waals surface area contributed by atoms with E-state index in [4.69, 9.17) is 5.26 Å². The van der Waals surface area contributed by atoms with Gasteiger partial charge in [0.15, 0.2) is 0 Å². The van der Waals surface area contributed by atoms with Crippen molar-refractivity contribution in [3.63, 3.8) is 0 Å². The van der Waals surface area contributed by atoms with Crippen LogP contribution in [0, 0.1) is 17.1 Å². The van der Waals surface area contributed by atoms with Gasteiger partial charge in [0.25, 0.3) is 0 Å². The molecule has 102 valence electrons. The minimum atomic E-state index is -0.466. The van der Waals surface area contributed by atoms with Crippen molar-refractivity contribution in [3.05, 3.63) is 69.4 Å². The summed E-state index contributed by atoms with van der Waals surface area (Å²) in [6, 6.07) is 14.7. The lowest BCUT2D eigenvalue weighted by Crippen LogP contribution is -2.17. The first-order valence-corrected chi connectivity index (χ1v) is 6.99. The first-order valence-electron chi connectivity index (χ1n) is 6.20. The predicted octanol–water partition coefficient (Wildman–Crippen LogP) is 4.09. The number of nitriles is 1. The van der Waals surface area contributed by atoms with E-state index in [9.17, 15) is 4.39 Å². The lowest BCUT2D eigenvalue weighted by molar-refractivity contribution is 0.319. The van der Waals surface area contributed by atoms with E-state index in [-0.39, 0.29) is 5.56 Å². The van der Waals surface area contributed by atoms with E-state index in [1.165, 1.54) is 11.6 Å². The molecule has 0 amide bonds. The molecule has 0 spiro atoms. The highest BCUT2D eigenvalue weighted by molar-refractivity contribution is 9.10. The fourth-order valence-electron chi connectivity index (χ4n) is 2.03. The fourth-order valence-corrected chi connectivity index (χ4v) is 2.29. The van der Waals surface area contributed by atoms with Crippen LogP contribution in [-0.2, 0) is 13.1 Å². The Labute approximate surface area is 126 Å². The molecule has 0 aromatic heterocycles. The van der Waals surface area contributed by atoms with Crippen LogP contribution < -0.4 is 0 Å². The Balaban J connectivity index is 2.03. The molecule has 2 aromatic carbocycles. The van der Waals surface area contributed by atoms with Crippen LogP contribution in [0.5, 0.6) is 0 Å². The Morgan fingerprint density at radius 2 is 1.70 bits per heavy atom. The van der Waals surface area contributed by atoms with Crippen molar-refractivity contribution in [1.82, 2.24) is 4.90 Å². The van der Waals surface area contributed by atoms with Crippen LogP contribution in [0.3, 0.4) is 0 Å². The normalized spacial score (nSPS) is 10.6. The average Bonchev–Trinajstić information content (AvgIpc) is 2.43. The first-order chi connectivity index (χ1) is 9.58. The van der Waals surface area contributed by atoms with Gasteiger partial charge in [-0.15, -0.1) is 0 Å². The Morgan fingerprint density at radius 1 is 1.10 bits per heavy atom. The summed E-state index contributed by atoms with van der Waals surface area (Å²) >= 11 is 3.41. The third-order valence-electron chi connectivity index (χ3n) is 2.97. The second kappa shape index (κ2) is 6.65. The second-order valence-electron chi connectivity index (χ2n) is 4.72. The molecule has 0 aliphatic rings. The molecule has 2 aromatic rings. The van der Waals surface area contributed by atoms with Crippen molar-refractivity contribution in [2.75, 3.05) is 7.05 Å². The summed E-state index contributed by atoms with van der Waals surface area (Å²) in [5.74, 6) is -0.466. The zero-order valence-corrected chi connectivity index (χ0v) is 12.7. The number of rotatable bonds is 4. The minimum absolute atomic E-state index is 0.0968. The summed E-state index contributed by atoms with van der Waals surface area (Å²) < 4.78 is 14.3. The molecule has 0 heterocycles. The Morgan fingerprint density at radius 3 is 2.35 bits per heavy atom. The van der Waals surface area contributed by atoms with E-state index in [1.54, 1.807) is 12.1 Å². The molecule has 0 saturated heterocycles. The lowest BCUT2D eigenvalue weighted by Gasteiger charge is -2.17. The highest BCUT2D eigenvalue weighted by Crippen LogP contribution is 2.14. The van der Waals surface area contributed by atoms with E-state index >= 15 is 0 Å². The molecule has 4 heteroatoms. The van der Waals surface area contributed by atoms with E-state index in [1.807, 2.05) is 25.2 Å². The van der Waals surface area contributed by atoms with Gasteiger partial charge in [0, 0.05) is 17.6 Å². The molecule has 2 rings (SSSR count). The molecule has 0 radical (unpaired) electrons. The first kappa shape index (κ1) is 14.7. The van der Waals surface area contributed by atoms with Gasteiger partial charge < -0.3 is 0 Å². The molecule has 0 saturated carbocycles. The van der Waals surface area contributed by atoms with Gasteiger partial charge in [-0.3, -0.25) is 4.90 Å². The van der Waals surface area contributed by atoms with Crippen molar-refractivity contribution < 1.29 is 4.39 Å².